The van der Waals surface area contributed by atoms with Gasteiger partial charge in [0.1, 0.15) is 11.5 Å². The largest absolute Gasteiger partial charge is 0.494 e. The van der Waals surface area contributed by atoms with Crippen LogP contribution in [0.4, 0.5) is 11.4 Å². The number of benzene rings is 3. The van der Waals surface area contributed by atoms with Gasteiger partial charge in [-0.1, -0.05) is 12.1 Å². The Balaban J connectivity index is 1.56. The third-order valence-electron chi connectivity index (χ3n) is 5.13. The van der Waals surface area contributed by atoms with Gasteiger partial charge in [0.2, 0.25) is 5.91 Å². The van der Waals surface area contributed by atoms with E-state index >= 15 is 0 Å². The van der Waals surface area contributed by atoms with Crippen LogP contribution in [0.1, 0.15) is 19.4 Å². The number of hydrogen-bond acceptors (Lipinski definition) is 5. The van der Waals surface area contributed by atoms with E-state index in [0.29, 0.717) is 36.8 Å². The number of nitrogens with zero attached hydrogens (tertiary/aromatic N) is 1. The predicted octanol–water partition coefficient (Wildman–Crippen LogP) is 4.59. The summed E-state index contributed by atoms with van der Waals surface area (Å²) in [6.45, 7) is 4.54. The van der Waals surface area contributed by atoms with Crippen molar-refractivity contribution in [2.24, 2.45) is 0 Å². The molecule has 1 aliphatic heterocycles. The fourth-order valence-electron chi connectivity index (χ4n) is 3.61. The summed E-state index contributed by atoms with van der Waals surface area (Å²) in [6.07, 6.45) is 0.621. The predicted molar refractivity (Wildman–Crippen MR) is 123 cm³/mol. The summed E-state index contributed by atoms with van der Waals surface area (Å²) < 4.78 is 40.1. The van der Waals surface area contributed by atoms with Crippen molar-refractivity contribution in [3.63, 3.8) is 0 Å². The Kier molecular flexibility index (Phi) is 6.05. The minimum atomic E-state index is -3.85. The maximum Gasteiger partial charge on any atom is 0.262 e. The van der Waals surface area contributed by atoms with Gasteiger partial charge in [-0.2, -0.15) is 0 Å². The Morgan fingerprint density at radius 1 is 1.03 bits per heavy atom. The smallest absolute Gasteiger partial charge is 0.262 e. The van der Waals surface area contributed by atoms with E-state index in [1.54, 1.807) is 65.6 Å². The number of anilines is 2. The van der Waals surface area contributed by atoms with Gasteiger partial charge in [-0.05, 0) is 73.5 Å². The van der Waals surface area contributed by atoms with E-state index in [9.17, 15) is 13.2 Å². The van der Waals surface area contributed by atoms with Crippen molar-refractivity contribution in [1.82, 2.24) is 0 Å². The number of fused-ring (bicyclic) bond motifs is 1. The van der Waals surface area contributed by atoms with Gasteiger partial charge in [0.25, 0.3) is 10.0 Å². The summed E-state index contributed by atoms with van der Waals surface area (Å²) in [7, 11) is -3.85. The molecular weight excluding hydrogens is 428 g/mol. The first-order valence-corrected chi connectivity index (χ1v) is 11.8. The maximum atomic E-state index is 13.1. The lowest BCUT2D eigenvalue weighted by Crippen LogP contribution is -2.25. The molecule has 32 heavy (non-hydrogen) atoms. The molecule has 0 saturated carbocycles. The first-order valence-electron chi connectivity index (χ1n) is 10.3. The summed E-state index contributed by atoms with van der Waals surface area (Å²) in [5, 5.41) is 0. The molecule has 3 aromatic carbocycles. The Bertz CT molecular complexity index is 1240. The maximum absolute atomic E-state index is 13.1. The van der Waals surface area contributed by atoms with Gasteiger partial charge in [-0.15, -0.1) is 0 Å². The Morgan fingerprint density at radius 3 is 2.47 bits per heavy atom. The topological polar surface area (TPSA) is 84.9 Å². The fraction of sp³-hybridized carbons (Fsp3) is 0.208. The number of nitrogens with one attached hydrogen (secondary N) is 1. The molecule has 0 aliphatic carbocycles. The molecular formula is C24H24N2O5S. The summed E-state index contributed by atoms with van der Waals surface area (Å²) in [6, 6.07) is 18.8. The standard InChI is InChI=1S/C24H24N2O5S/c1-3-30-19-8-10-20(11-9-19)31-24-7-5-4-6-22(24)25-32(28,29)21-12-13-23-18(16-21)14-15-26(23)17(2)27/h4-13,16,25H,3,14-15H2,1-2H3. The normalized spacial score (nSPS) is 12.9. The second-order valence-corrected chi connectivity index (χ2v) is 9.00. The third-order valence-corrected chi connectivity index (χ3v) is 6.49. The van der Waals surface area contributed by atoms with Crippen molar-refractivity contribution >= 4 is 27.3 Å². The minimum Gasteiger partial charge on any atom is -0.494 e. The molecule has 8 heteroatoms. The summed E-state index contributed by atoms with van der Waals surface area (Å²) in [5.41, 5.74) is 1.92. The highest BCUT2D eigenvalue weighted by Crippen LogP contribution is 2.34. The van der Waals surface area contributed by atoms with Crippen LogP contribution >= 0.6 is 0 Å². The van der Waals surface area contributed by atoms with Crippen LogP contribution in [-0.4, -0.2) is 27.5 Å². The highest BCUT2D eigenvalue weighted by Gasteiger charge is 2.25. The van der Waals surface area contributed by atoms with Crippen molar-refractivity contribution < 1.29 is 22.7 Å². The molecule has 7 nitrogen and oxygen atoms in total. The van der Waals surface area contributed by atoms with Gasteiger partial charge in [0.15, 0.2) is 5.75 Å². The minimum absolute atomic E-state index is 0.0575. The van der Waals surface area contributed by atoms with Crippen LogP contribution in [0.15, 0.2) is 71.6 Å². The molecule has 3 aromatic rings. The zero-order chi connectivity index (χ0) is 22.7. The van der Waals surface area contributed by atoms with E-state index in [1.165, 1.54) is 13.0 Å². The van der Waals surface area contributed by atoms with E-state index in [4.69, 9.17) is 9.47 Å². The Labute approximate surface area is 187 Å². The van der Waals surface area contributed by atoms with Gasteiger partial charge in [-0.3, -0.25) is 9.52 Å². The lowest BCUT2D eigenvalue weighted by Gasteiger charge is -2.16. The van der Waals surface area contributed by atoms with Crippen LogP contribution in [0.3, 0.4) is 0 Å². The van der Waals surface area contributed by atoms with Crippen molar-refractivity contribution in [3.05, 3.63) is 72.3 Å². The zero-order valence-corrected chi connectivity index (χ0v) is 18.7. The molecule has 0 radical (unpaired) electrons. The molecule has 1 heterocycles. The lowest BCUT2D eigenvalue weighted by molar-refractivity contribution is -0.116. The summed E-state index contributed by atoms with van der Waals surface area (Å²) >= 11 is 0. The van der Waals surface area contributed by atoms with Gasteiger partial charge < -0.3 is 14.4 Å². The number of para-hydroxylation sites is 2. The van der Waals surface area contributed by atoms with Crippen molar-refractivity contribution in [2.75, 3.05) is 22.8 Å². The van der Waals surface area contributed by atoms with Crippen molar-refractivity contribution in [3.8, 4) is 17.2 Å². The second-order valence-electron chi connectivity index (χ2n) is 7.32. The SMILES string of the molecule is CCOc1ccc(Oc2ccccc2NS(=O)(=O)c2ccc3c(c2)CCN3C(C)=O)cc1. The van der Waals surface area contributed by atoms with Crippen molar-refractivity contribution in [2.45, 2.75) is 25.2 Å². The third kappa shape index (κ3) is 4.55. The Hall–Kier alpha value is -3.52. The number of hydrogen-bond donors (Lipinski definition) is 1. The molecule has 0 fully saturated rings. The van der Waals surface area contributed by atoms with Crippen LogP contribution in [0.2, 0.25) is 0 Å². The molecule has 1 aliphatic rings. The second kappa shape index (κ2) is 8.92. The summed E-state index contributed by atoms with van der Waals surface area (Å²) in [5.74, 6) is 1.61. The quantitative estimate of drug-likeness (QED) is 0.567. The fourth-order valence-corrected chi connectivity index (χ4v) is 4.73. The van der Waals surface area contributed by atoms with Crippen LogP contribution in [0.25, 0.3) is 0 Å². The van der Waals surface area contributed by atoms with Crippen LogP contribution in [-0.2, 0) is 21.2 Å². The van der Waals surface area contributed by atoms with E-state index in [1.807, 2.05) is 6.92 Å². The number of rotatable bonds is 7. The van der Waals surface area contributed by atoms with Crippen molar-refractivity contribution in [1.29, 1.82) is 0 Å². The van der Waals surface area contributed by atoms with E-state index < -0.39 is 10.0 Å². The van der Waals surface area contributed by atoms with Gasteiger partial charge >= 0.3 is 0 Å². The lowest BCUT2D eigenvalue weighted by atomic mass is 10.2. The van der Waals surface area contributed by atoms with Crippen LogP contribution in [0, 0.1) is 0 Å². The molecule has 0 bridgehead atoms. The first kappa shape index (κ1) is 21.7. The zero-order valence-electron chi connectivity index (χ0n) is 17.9. The van der Waals surface area contributed by atoms with Crippen LogP contribution in [0.5, 0.6) is 17.2 Å². The number of amides is 1. The van der Waals surface area contributed by atoms with E-state index in [0.717, 1.165) is 17.0 Å². The molecule has 0 atom stereocenters. The van der Waals surface area contributed by atoms with Crippen LogP contribution < -0.4 is 19.1 Å². The summed E-state index contributed by atoms with van der Waals surface area (Å²) in [4.78, 5) is 13.5. The van der Waals surface area contributed by atoms with Gasteiger partial charge in [-0.25, -0.2) is 8.42 Å². The van der Waals surface area contributed by atoms with E-state index in [2.05, 4.69) is 4.72 Å². The highest BCUT2D eigenvalue weighted by molar-refractivity contribution is 7.92. The number of carbonyl (C=O) groups excluding carboxylic acids is 1. The first-order chi connectivity index (χ1) is 15.4. The average Bonchev–Trinajstić information content (AvgIpc) is 3.20. The molecule has 0 spiro atoms. The molecule has 0 saturated heterocycles. The molecule has 166 valence electrons. The number of carbonyl (C=O) groups is 1. The number of sulfonamides is 1. The van der Waals surface area contributed by atoms with Gasteiger partial charge in [0, 0.05) is 19.2 Å². The van der Waals surface area contributed by atoms with E-state index in [-0.39, 0.29) is 10.8 Å². The average molecular weight is 453 g/mol. The van der Waals surface area contributed by atoms with Gasteiger partial charge in [0.05, 0.1) is 17.2 Å². The molecule has 0 unspecified atom stereocenters. The monoisotopic (exact) mass is 452 g/mol. The Morgan fingerprint density at radius 2 is 1.75 bits per heavy atom. The number of ether oxygens (including phenoxy) is 2. The molecule has 1 N–H and O–H groups in total. The molecule has 4 rings (SSSR count). The highest BCUT2D eigenvalue weighted by atomic mass is 32.2. The molecule has 0 aromatic heterocycles. The molecule has 1 amide bonds.